The molecule has 4 rings (SSSR count). The first kappa shape index (κ1) is 23.7. The van der Waals surface area contributed by atoms with Gasteiger partial charge in [0, 0.05) is 42.9 Å². The molecule has 0 spiro atoms. The molecule has 3 heterocycles. The summed E-state index contributed by atoms with van der Waals surface area (Å²) < 4.78 is 49.3. The number of aromatic amines is 1. The molecule has 0 aromatic carbocycles. The van der Waals surface area contributed by atoms with Crippen molar-refractivity contribution in [3.63, 3.8) is 0 Å². The van der Waals surface area contributed by atoms with Crippen molar-refractivity contribution >= 4 is 5.97 Å². The Kier molecular flexibility index (Phi) is 6.56. The van der Waals surface area contributed by atoms with Crippen molar-refractivity contribution in [3.05, 3.63) is 48.5 Å². The van der Waals surface area contributed by atoms with E-state index in [-0.39, 0.29) is 18.5 Å². The van der Waals surface area contributed by atoms with Crippen LogP contribution in [0.25, 0.3) is 22.6 Å². The van der Waals surface area contributed by atoms with Gasteiger partial charge >= 0.3 is 12.1 Å². The summed E-state index contributed by atoms with van der Waals surface area (Å²) in [6.07, 6.45) is 1.32. The molecular weight excluding hydrogens is 453 g/mol. The van der Waals surface area contributed by atoms with Gasteiger partial charge in [-0.05, 0) is 43.9 Å². The summed E-state index contributed by atoms with van der Waals surface area (Å²) in [7, 11) is 1.50. The van der Waals surface area contributed by atoms with E-state index in [0.717, 1.165) is 6.20 Å². The Labute approximate surface area is 193 Å². The highest BCUT2D eigenvalue weighted by Crippen LogP contribution is 2.38. The number of nitrogens with one attached hydrogen (secondary N) is 1. The molecule has 0 aliphatic heterocycles. The molecule has 0 radical (unpaired) electrons. The van der Waals surface area contributed by atoms with Gasteiger partial charge in [-0.3, -0.25) is 9.78 Å². The Morgan fingerprint density at radius 2 is 1.85 bits per heavy atom. The molecule has 1 saturated carbocycles. The summed E-state index contributed by atoms with van der Waals surface area (Å²) in [5.74, 6) is -0.338. The van der Waals surface area contributed by atoms with Gasteiger partial charge in [0.2, 0.25) is 5.88 Å². The third-order valence-electron chi connectivity index (χ3n) is 5.99. The standard InChI is InChI=1S/C23H23F3N4O4/c1-33-13-22(21(31)32)8-6-16(7-9-22)34-19-5-3-14(10-28-19)17-4-2-15(11-27-17)20-29-12-18(30-20)23(24,25)26/h2-5,10-12,16H,6-9,13H2,1H3,(H,29,30)(H,31,32)/t16-,22-. The van der Waals surface area contributed by atoms with Crippen LogP contribution >= 0.6 is 0 Å². The maximum atomic E-state index is 12.7. The number of nitrogens with zero attached hydrogens (tertiary/aromatic N) is 3. The average Bonchev–Trinajstić information content (AvgIpc) is 3.32. The number of ether oxygens (including phenoxy) is 2. The number of halogens is 3. The van der Waals surface area contributed by atoms with E-state index in [0.29, 0.717) is 48.4 Å². The number of H-pyrrole nitrogens is 1. The van der Waals surface area contributed by atoms with E-state index >= 15 is 0 Å². The van der Waals surface area contributed by atoms with Crippen molar-refractivity contribution in [2.24, 2.45) is 5.41 Å². The van der Waals surface area contributed by atoms with Crippen molar-refractivity contribution in [3.8, 4) is 28.5 Å². The fraction of sp³-hybridized carbons (Fsp3) is 0.391. The van der Waals surface area contributed by atoms with Crippen LogP contribution in [0.5, 0.6) is 5.88 Å². The van der Waals surface area contributed by atoms with Crippen LogP contribution < -0.4 is 4.74 Å². The highest BCUT2D eigenvalue weighted by Gasteiger charge is 2.42. The minimum atomic E-state index is -4.52. The molecular formula is C23H23F3N4O4. The van der Waals surface area contributed by atoms with Gasteiger partial charge in [0.05, 0.1) is 17.7 Å². The van der Waals surface area contributed by atoms with Crippen LogP contribution in [0.3, 0.4) is 0 Å². The number of imidazole rings is 1. The van der Waals surface area contributed by atoms with Crippen LogP contribution in [0.15, 0.2) is 42.9 Å². The fourth-order valence-electron chi connectivity index (χ4n) is 4.05. The maximum Gasteiger partial charge on any atom is 0.434 e. The predicted molar refractivity (Wildman–Crippen MR) is 115 cm³/mol. The van der Waals surface area contributed by atoms with Gasteiger partial charge in [-0.25, -0.2) is 9.97 Å². The number of carboxylic acids is 1. The third kappa shape index (κ3) is 5.04. The zero-order valence-corrected chi connectivity index (χ0v) is 18.3. The van der Waals surface area contributed by atoms with Gasteiger partial charge in [-0.2, -0.15) is 13.2 Å². The first-order valence-electron chi connectivity index (χ1n) is 10.6. The van der Waals surface area contributed by atoms with Crippen LogP contribution in [0.4, 0.5) is 13.2 Å². The Morgan fingerprint density at radius 1 is 1.15 bits per heavy atom. The summed E-state index contributed by atoms with van der Waals surface area (Å²) in [6.45, 7) is 0.178. The second kappa shape index (κ2) is 9.41. The van der Waals surface area contributed by atoms with Gasteiger partial charge in [0.25, 0.3) is 0 Å². The molecule has 8 nitrogen and oxygen atoms in total. The van der Waals surface area contributed by atoms with Gasteiger partial charge in [-0.15, -0.1) is 0 Å². The zero-order valence-electron chi connectivity index (χ0n) is 18.3. The van der Waals surface area contributed by atoms with E-state index in [9.17, 15) is 23.1 Å². The number of alkyl halides is 3. The monoisotopic (exact) mass is 476 g/mol. The minimum Gasteiger partial charge on any atom is -0.481 e. The first-order chi connectivity index (χ1) is 16.2. The number of aliphatic carboxylic acids is 1. The van der Waals surface area contributed by atoms with Gasteiger partial charge in [-0.1, -0.05) is 0 Å². The Balaban J connectivity index is 1.38. The highest BCUT2D eigenvalue weighted by molar-refractivity contribution is 5.75. The molecule has 34 heavy (non-hydrogen) atoms. The van der Waals surface area contributed by atoms with E-state index < -0.39 is 23.3 Å². The lowest BCUT2D eigenvalue weighted by molar-refractivity contribution is -0.156. The lowest BCUT2D eigenvalue weighted by Gasteiger charge is -2.36. The summed E-state index contributed by atoms with van der Waals surface area (Å²) in [4.78, 5) is 26.4. The number of pyridine rings is 2. The molecule has 0 bridgehead atoms. The summed E-state index contributed by atoms with van der Waals surface area (Å²) >= 11 is 0. The molecule has 1 fully saturated rings. The number of methoxy groups -OCH3 is 1. The van der Waals surface area contributed by atoms with E-state index in [2.05, 4.69) is 19.9 Å². The van der Waals surface area contributed by atoms with Crippen LogP contribution in [0, 0.1) is 5.41 Å². The van der Waals surface area contributed by atoms with Crippen molar-refractivity contribution in [2.75, 3.05) is 13.7 Å². The number of carboxylic acid groups (broad SMARTS) is 1. The van der Waals surface area contributed by atoms with Gasteiger partial charge in [0.15, 0.2) is 5.69 Å². The Morgan fingerprint density at radius 3 is 2.38 bits per heavy atom. The maximum absolute atomic E-state index is 12.7. The Hall–Kier alpha value is -3.47. The van der Waals surface area contributed by atoms with Gasteiger partial charge in [0.1, 0.15) is 11.9 Å². The smallest absolute Gasteiger partial charge is 0.434 e. The summed E-state index contributed by atoms with van der Waals surface area (Å²) in [5, 5.41) is 9.56. The number of rotatable bonds is 7. The molecule has 11 heteroatoms. The van der Waals surface area contributed by atoms with Gasteiger partial charge < -0.3 is 19.6 Å². The second-order valence-electron chi connectivity index (χ2n) is 8.29. The molecule has 1 aliphatic rings. The molecule has 3 aromatic heterocycles. The quantitative estimate of drug-likeness (QED) is 0.513. The van der Waals surface area contributed by atoms with Crippen molar-refractivity contribution in [1.29, 1.82) is 0 Å². The molecule has 2 N–H and O–H groups in total. The van der Waals surface area contributed by atoms with Crippen LogP contribution in [0.1, 0.15) is 31.4 Å². The third-order valence-corrected chi connectivity index (χ3v) is 5.99. The van der Waals surface area contributed by atoms with Crippen LogP contribution in [0.2, 0.25) is 0 Å². The molecule has 1 aliphatic carbocycles. The van der Waals surface area contributed by atoms with Crippen LogP contribution in [-0.4, -0.2) is 50.8 Å². The number of aromatic nitrogens is 4. The van der Waals surface area contributed by atoms with Crippen LogP contribution in [-0.2, 0) is 15.7 Å². The van der Waals surface area contributed by atoms with E-state index in [1.54, 1.807) is 30.5 Å². The first-order valence-corrected chi connectivity index (χ1v) is 10.6. The molecule has 0 saturated heterocycles. The normalized spacial score (nSPS) is 20.8. The average molecular weight is 476 g/mol. The van der Waals surface area contributed by atoms with E-state index in [1.807, 2.05) is 0 Å². The summed E-state index contributed by atoms with van der Waals surface area (Å²) in [6, 6.07) is 6.79. The molecule has 0 unspecified atom stereocenters. The van der Waals surface area contributed by atoms with E-state index in [1.165, 1.54) is 13.3 Å². The number of hydrogen-bond acceptors (Lipinski definition) is 6. The molecule has 0 amide bonds. The lowest BCUT2D eigenvalue weighted by atomic mass is 9.73. The topological polar surface area (TPSA) is 110 Å². The molecule has 0 atom stereocenters. The SMILES string of the molecule is COC[C@]1(C(=O)O)CC[C@H](Oc2ccc(-c3ccc(-c4nc(C(F)(F)F)c[nH]4)cn3)cn2)CC1. The number of carbonyl (C=O) groups is 1. The minimum absolute atomic E-state index is 0.0816. The highest BCUT2D eigenvalue weighted by atomic mass is 19.4. The predicted octanol–water partition coefficient (Wildman–Crippen LogP) is 4.59. The summed E-state index contributed by atoms with van der Waals surface area (Å²) in [5.41, 5.74) is -0.128. The molecule has 180 valence electrons. The largest absolute Gasteiger partial charge is 0.481 e. The number of hydrogen-bond donors (Lipinski definition) is 2. The lowest BCUT2D eigenvalue weighted by Crippen LogP contribution is -2.41. The van der Waals surface area contributed by atoms with E-state index in [4.69, 9.17) is 9.47 Å². The van der Waals surface area contributed by atoms with Crippen molar-refractivity contribution in [1.82, 2.24) is 19.9 Å². The second-order valence-corrected chi connectivity index (χ2v) is 8.29. The Bertz CT molecular complexity index is 1120. The van der Waals surface area contributed by atoms with Crippen molar-refractivity contribution in [2.45, 2.75) is 38.0 Å². The zero-order chi connectivity index (χ0) is 24.3. The molecule has 3 aromatic rings. The fourth-order valence-corrected chi connectivity index (χ4v) is 4.05. The van der Waals surface area contributed by atoms with Crippen molar-refractivity contribution < 1.29 is 32.5 Å².